The van der Waals surface area contributed by atoms with E-state index in [1.165, 1.54) is 45.3 Å². The molecule has 1 saturated heterocycles. The maximum absolute atomic E-state index is 11.3. The predicted octanol–water partition coefficient (Wildman–Crippen LogP) is 7.02. The molecular weight excluding hydrogens is 554 g/mol. The highest BCUT2D eigenvalue weighted by atomic mass is 16.5. The molecule has 0 aromatic carbocycles. The van der Waals surface area contributed by atoms with Crippen LogP contribution in [-0.2, 0) is 16.0 Å². The van der Waals surface area contributed by atoms with Gasteiger partial charge in [-0.3, -0.25) is 14.6 Å². The molecule has 0 unspecified atom stereocenters. The van der Waals surface area contributed by atoms with E-state index >= 15 is 0 Å². The highest BCUT2D eigenvalue weighted by Gasteiger charge is 2.43. The Kier molecular flexibility index (Phi) is 19.0. The van der Waals surface area contributed by atoms with Crippen molar-refractivity contribution in [1.29, 1.82) is 0 Å². The van der Waals surface area contributed by atoms with Gasteiger partial charge in [-0.2, -0.15) is 0 Å². The van der Waals surface area contributed by atoms with E-state index in [1.807, 2.05) is 32.9 Å². The minimum atomic E-state index is 0.250. The minimum absolute atomic E-state index is 0.250. The quantitative estimate of drug-likeness (QED) is 0.140. The summed E-state index contributed by atoms with van der Waals surface area (Å²) in [6, 6.07) is 3.89. The fourth-order valence-corrected chi connectivity index (χ4v) is 5.03. The number of fused-ring (bicyclic) bond motifs is 1. The number of unbranched alkanes of at least 4 members (excludes halogenated alkanes) is 3. The van der Waals surface area contributed by atoms with E-state index in [0.29, 0.717) is 36.2 Å². The zero-order valence-electron chi connectivity index (χ0n) is 27.5. The summed E-state index contributed by atoms with van der Waals surface area (Å²) in [4.78, 5) is 35.4. The molecular formula is C35H53N5O4. The van der Waals surface area contributed by atoms with E-state index in [1.54, 1.807) is 25.7 Å². The molecule has 1 amide bonds. The molecule has 2 N–H and O–H groups in total. The average Bonchev–Trinajstić information content (AvgIpc) is 3.66. The number of hydrogen-bond donors (Lipinski definition) is 1. The number of methoxy groups -OCH3 is 1. The summed E-state index contributed by atoms with van der Waals surface area (Å²) in [7, 11) is 1.59. The van der Waals surface area contributed by atoms with E-state index in [4.69, 9.17) is 13.9 Å². The van der Waals surface area contributed by atoms with Crippen molar-refractivity contribution in [2.75, 3.05) is 26.7 Å². The molecule has 9 nitrogen and oxygen atoms in total. The number of primary amides is 1. The van der Waals surface area contributed by atoms with Gasteiger partial charge in [-0.1, -0.05) is 40.5 Å². The van der Waals surface area contributed by atoms with Crippen LogP contribution in [0.1, 0.15) is 97.8 Å². The molecule has 0 radical (unpaired) electrons. The summed E-state index contributed by atoms with van der Waals surface area (Å²) in [6.45, 7) is 12.2. The van der Waals surface area contributed by atoms with Crippen LogP contribution in [0.15, 0.2) is 35.1 Å². The van der Waals surface area contributed by atoms with Gasteiger partial charge in [0.2, 0.25) is 12.3 Å². The Morgan fingerprint density at radius 1 is 1.09 bits per heavy atom. The number of nitrogens with zero attached hydrogens (tertiary/aromatic N) is 4. The number of ether oxygens (including phenoxy) is 1. The number of aryl methyl sites for hydroxylation is 1. The Bertz CT molecular complexity index is 1240. The molecule has 2 fully saturated rings. The Balaban J connectivity index is 0.000000468. The van der Waals surface area contributed by atoms with Crippen molar-refractivity contribution in [3.05, 3.63) is 36.6 Å². The van der Waals surface area contributed by atoms with Crippen LogP contribution >= 0.6 is 0 Å². The van der Waals surface area contributed by atoms with Crippen LogP contribution in [0, 0.1) is 18.3 Å². The lowest BCUT2D eigenvalue weighted by Gasteiger charge is -2.30. The van der Waals surface area contributed by atoms with Crippen LogP contribution in [0.4, 0.5) is 0 Å². The zero-order valence-corrected chi connectivity index (χ0v) is 27.5. The second-order valence-corrected chi connectivity index (χ2v) is 10.6. The first-order valence-corrected chi connectivity index (χ1v) is 15.9. The number of likely N-dealkylation sites (tertiary alicyclic amines) is 1. The zero-order chi connectivity index (χ0) is 32.8. The van der Waals surface area contributed by atoms with E-state index in [2.05, 4.69) is 45.4 Å². The summed E-state index contributed by atoms with van der Waals surface area (Å²) >= 11 is 0. The lowest BCUT2D eigenvalue weighted by Crippen LogP contribution is -2.34. The van der Waals surface area contributed by atoms with Gasteiger partial charge in [-0.25, -0.2) is 9.97 Å². The van der Waals surface area contributed by atoms with E-state index in [0.717, 1.165) is 54.0 Å². The van der Waals surface area contributed by atoms with E-state index in [9.17, 15) is 4.79 Å². The molecule has 3 aromatic rings. The van der Waals surface area contributed by atoms with Crippen LogP contribution < -0.4 is 10.5 Å². The third-order valence-electron chi connectivity index (χ3n) is 7.91. The molecule has 1 spiro atoms. The first-order chi connectivity index (χ1) is 21.5. The van der Waals surface area contributed by atoms with Gasteiger partial charge in [0.25, 0.3) is 0 Å². The Labute approximate surface area is 264 Å². The van der Waals surface area contributed by atoms with Crippen molar-refractivity contribution in [3.8, 4) is 30.1 Å². The molecule has 2 aliphatic rings. The van der Waals surface area contributed by atoms with Gasteiger partial charge in [0, 0.05) is 30.8 Å². The molecule has 3 aromatic heterocycles. The number of ketones is 1. The first kappa shape index (κ1) is 38.3. The first-order valence-electron chi connectivity index (χ1n) is 15.9. The third-order valence-corrected chi connectivity index (χ3v) is 7.91. The smallest absolute Gasteiger partial charge is 0.225 e. The molecule has 1 saturated carbocycles. The molecule has 1 aliphatic heterocycles. The van der Waals surface area contributed by atoms with Crippen LogP contribution in [0.3, 0.4) is 0 Å². The summed E-state index contributed by atoms with van der Waals surface area (Å²) in [5, 5.41) is 0.973. The summed E-state index contributed by atoms with van der Waals surface area (Å²) in [5.41, 5.74) is 6.60. The number of pyridine rings is 2. The molecule has 0 atom stereocenters. The molecule has 1 aliphatic carbocycles. The highest BCUT2D eigenvalue weighted by Crippen LogP contribution is 2.53. The number of piperidine rings is 1. The Morgan fingerprint density at radius 2 is 1.75 bits per heavy atom. The van der Waals surface area contributed by atoms with Crippen LogP contribution in [-0.4, -0.2) is 58.8 Å². The third kappa shape index (κ3) is 12.8. The number of terminal acetylenes is 1. The monoisotopic (exact) mass is 607 g/mol. The van der Waals surface area contributed by atoms with Crippen LogP contribution in [0.2, 0.25) is 0 Å². The normalized spacial score (nSPS) is 14.2. The van der Waals surface area contributed by atoms with E-state index in [-0.39, 0.29) is 6.41 Å². The molecule has 4 heterocycles. The molecule has 44 heavy (non-hydrogen) atoms. The highest BCUT2D eigenvalue weighted by molar-refractivity contribution is 5.84. The number of hydrogen-bond acceptors (Lipinski definition) is 8. The van der Waals surface area contributed by atoms with Crippen molar-refractivity contribution in [3.63, 3.8) is 0 Å². The van der Waals surface area contributed by atoms with Crippen molar-refractivity contribution >= 4 is 23.1 Å². The standard InChI is InChI=1S/C21H25N3O3.C9H17N.C2H6.C2H2.CH3NO/c1-3-16(25)8-6-4-5-7-9-20-23-14-19(27-20)17-12-15-10-11-22-13-18(15)24-21(17)26-2;1-2-10-7-5-9(3-4-9)6-8-10;2*1-2;2-1-3/h10-14H,3-9H2,1-2H3;2-8H2,1H3;1-2H3;1-2H;1H,(H2,2,3). The minimum Gasteiger partial charge on any atom is -0.480 e. The van der Waals surface area contributed by atoms with Gasteiger partial charge in [0.15, 0.2) is 11.7 Å². The predicted molar refractivity (Wildman–Crippen MR) is 178 cm³/mol. The number of aromatic nitrogens is 3. The fraction of sp³-hybridized carbons (Fsp3) is 0.571. The number of rotatable bonds is 11. The Morgan fingerprint density at radius 3 is 2.34 bits per heavy atom. The number of nitrogens with two attached hydrogens (primary N) is 1. The van der Waals surface area contributed by atoms with Crippen molar-refractivity contribution in [2.24, 2.45) is 11.1 Å². The lowest BCUT2D eigenvalue weighted by atomic mass is 9.94. The number of oxazole rings is 1. The topological polar surface area (TPSA) is 124 Å². The summed E-state index contributed by atoms with van der Waals surface area (Å²) < 4.78 is 11.3. The number of Topliss-reactive ketones (excluding diaryl/α,β-unsaturated/α-hetero) is 1. The maximum atomic E-state index is 11.3. The van der Waals surface area contributed by atoms with E-state index < -0.39 is 0 Å². The van der Waals surface area contributed by atoms with Crippen LogP contribution in [0.25, 0.3) is 22.2 Å². The van der Waals surface area contributed by atoms with Crippen LogP contribution in [0.5, 0.6) is 5.88 Å². The van der Waals surface area contributed by atoms with Gasteiger partial charge in [0.1, 0.15) is 5.78 Å². The molecule has 0 bridgehead atoms. The summed E-state index contributed by atoms with van der Waals surface area (Å²) in [5.74, 6) is 2.22. The van der Waals surface area contributed by atoms with Gasteiger partial charge in [-0.05, 0) is 75.7 Å². The van der Waals surface area contributed by atoms with Gasteiger partial charge >= 0.3 is 0 Å². The second-order valence-electron chi connectivity index (χ2n) is 10.6. The largest absolute Gasteiger partial charge is 0.480 e. The SMILES string of the molecule is C#C.CC.CCC(=O)CCCCCCc1ncc(-c2cc3ccncc3nc2OC)o1.CCN1CCC2(CC1)CC2.NC=O. The molecule has 9 heteroatoms. The molecule has 5 rings (SSSR count). The van der Waals surface area contributed by atoms with Gasteiger partial charge < -0.3 is 19.8 Å². The lowest BCUT2D eigenvalue weighted by molar-refractivity contribution is -0.118. The maximum Gasteiger partial charge on any atom is 0.225 e. The number of amides is 1. The van der Waals surface area contributed by atoms with Crippen molar-refractivity contribution < 1.29 is 18.7 Å². The summed E-state index contributed by atoms with van der Waals surface area (Å²) in [6.07, 6.45) is 25.7. The van der Waals surface area contributed by atoms with Gasteiger partial charge in [-0.15, -0.1) is 12.8 Å². The fourth-order valence-electron chi connectivity index (χ4n) is 5.03. The number of carbonyl (C=O) groups excluding carboxylic acids is 2. The van der Waals surface area contributed by atoms with Crippen molar-refractivity contribution in [2.45, 2.75) is 98.3 Å². The number of carbonyl (C=O) groups is 2. The average molecular weight is 608 g/mol. The van der Waals surface area contributed by atoms with Crippen molar-refractivity contribution in [1.82, 2.24) is 19.9 Å². The molecule has 242 valence electrons. The Hall–Kier alpha value is -3.77. The van der Waals surface area contributed by atoms with Gasteiger partial charge in [0.05, 0.1) is 30.6 Å². The second kappa shape index (κ2) is 21.8.